The van der Waals surface area contributed by atoms with Gasteiger partial charge in [-0.05, 0) is 17.4 Å². The van der Waals surface area contributed by atoms with Gasteiger partial charge in [-0.15, -0.1) is 0 Å². The SMILES string of the molecule is CCC(CC(=O)N1C[C@H](C(=O)O)[C@H](c2ccccc2)C1)C(C)C. The van der Waals surface area contributed by atoms with Crippen LogP contribution in [0, 0.1) is 17.8 Å². The van der Waals surface area contributed by atoms with Crippen LogP contribution >= 0.6 is 0 Å². The van der Waals surface area contributed by atoms with Gasteiger partial charge in [-0.3, -0.25) is 9.59 Å². The number of carboxylic acid groups (broad SMARTS) is 1. The molecule has 1 aliphatic heterocycles. The van der Waals surface area contributed by atoms with E-state index in [9.17, 15) is 14.7 Å². The minimum absolute atomic E-state index is 0.0928. The molecule has 23 heavy (non-hydrogen) atoms. The molecule has 126 valence electrons. The van der Waals surface area contributed by atoms with Gasteiger partial charge in [0.25, 0.3) is 0 Å². The molecule has 1 aliphatic rings. The maximum atomic E-state index is 12.6. The third kappa shape index (κ3) is 4.12. The van der Waals surface area contributed by atoms with E-state index in [0.29, 0.717) is 31.3 Å². The molecule has 1 saturated heterocycles. The Balaban J connectivity index is 2.11. The molecule has 4 heteroatoms. The van der Waals surface area contributed by atoms with Crippen LogP contribution < -0.4 is 0 Å². The Morgan fingerprint density at radius 3 is 2.39 bits per heavy atom. The summed E-state index contributed by atoms with van der Waals surface area (Å²) in [6, 6.07) is 9.68. The van der Waals surface area contributed by atoms with Gasteiger partial charge in [0.15, 0.2) is 0 Å². The van der Waals surface area contributed by atoms with Crippen molar-refractivity contribution in [2.24, 2.45) is 17.8 Å². The second-order valence-electron chi connectivity index (χ2n) is 6.88. The summed E-state index contributed by atoms with van der Waals surface area (Å²) in [5.41, 5.74) is 1.01. The van der Waals surface area contributed by atoms with Crippen molar-refractivity contribution >= 4 is 11.9 Å². The van der Waals surface area contributed by atoms with E-state index in [0.717, 1.165) is 12.0 Å². The number of hydrogen-bond donors (Lipinski definition) is 1. The van der Waals surface area contributed by atoms with Crippen molar-refractivity contribution in [1.29, 1.82) is 0 Å². The summed E-state index contributed by atoms with van der Waals surface area (Å²) in [7, 11) is 0. The summed E-state index contributed by atoms with van der Waals surface area (Å²) < 4.78 is 0. The third-order valence-electron chi connectivity index (χ3n) is 5.12. The molecule has 0 aromatic heterocycles. The molecule has 1 heterocycles. The summed E-state index contributed by atoms with van der Waals surface area (Å²) in [6.45, 7) is 7.21. The normalized spacial score (nSPS) is 22.3. The van der Waals surface area contributed by atoms with Crippen LogP contribution in [0.2, 0.25) is 0 Å². The molecule has 0 bridgehead atoms. The average molecular weight is 317 g/mol. The van der Waals surface area contributed by atoms with E-state index in [1.54, 1.807) is 4.90 Å². The topological polar surface area (TPSA) is 57.6 Å². The van der Waals surface area contributed by atoms with Crippen LogP contribution in [0.15, 0.2) is 30.3 Å². The Kier molecular flexibility index (Phi) is 5.80. The summed E-state index contributed by atoms with van der Waals surface area (Å²) in [4.78, 5) is 26.0. The first kappa shape index (κ1) is 17.5. The van der Waals surface area contributed by atoms with Crippen LogP contribution in [0.4, 0.5) is 0 Å². The van der Waals surface area contributed by atoms with Gasteiger partial charge in [0.1, 0.15) is 0 Å². The highest BCUT2D eigenvalue weighted by Gasteiger charge is 2.40. The molecule has 0 spiro atoms. The first-order valence-corrected chi connectivity index (χ1v) is 8.49. The van der Waals surface area contributed by atoms with Gasteiger partial charge in [-0.25, -0.2) is 0 Å². The summed E-state index contributed by atoms with van der Waals surface area (Å²) in [5, 5.41) is 9.52. The van der Waals surface area contributed by atoms with E-state index in [1.165, 1.54) is 0 Å². The first-order valence-electron chi connectivity index (χ1n) is 8.49. The largest absolute Gasteiger partial charge is 0.481 e. The molecule has 4 nitrogen and oxygen atoms in total. The maximum absolute atomic E-state index is 12.6. The van der Waals surface area contributed by atoms with Crippen molar-refractivity contribution in [3.63, 3.8) is 0 Å². The molecule has 3 atom stereocenters. The first-order chi connectivity index (χ1) is 10.9. The van der Waals surface area contributed by atoms with Crippen molar-refractivity contribution in [3.05, 3.63) is 35.9 Å². The Hall–Kier alpha value is -1.84. The van der Waals surface area contributed by atoms with Crippen molar-refractivity contribution in [3.8, 4) is 0 Å². The van der Waals surface area contributed by atoms with E-state index in [-0.39, 0.29) is 11.8 Å². The number of carbonyl (C=O) groups excluding carboxylic acids is 1. The number of nitrogens with zero attached hydrogens (tertiary/aromatic N) is 1. The van der Waals surface area contributed by atoms with Crippen LogP contribution in [0.3, 0.4) is 0 Å². The number of carbonyl (C=O) groups is 2. The van der Waals surface area contributed by atoms with E-state index >= 15 is 0 Å². The predicted molar refractivity (Wildman–Crippen MR) is 90.1 cm³/mol. The van der Waals surface area contributed by atoms with Crippen LogP contribution in [0.5, 0.6) is 0 Å². The van der Waals surface area contributed by atoms with Gasteiger partial charge in [-0.1, -0.05) is 57.5 Å². The van der Waals surface area contributed by atoms with E-state index in [4.69, 9.17) is 0 Å². The average Bonchev–Trinajstić information content (AvgIpc) is 2.98. The zero-order valence-electron chi connectivity index (χ0n) is 14.2. The minimum Gasteiger partial charge on any atom is -0.481 e. The number of rotatable bonds is 6. The van der Waals surface area contributed by atoms with E-state index in [2.05, 4.69) is 20.8 Å². The zero-order chi connectivity index (χ0) is 17.0. The molecule has 1 amide bonds. The molecule has 1 N–H and O–H groups in total. The molecule has 0 radical (unpaired) electrons. The number of likely N-dealkylation sites (tertiary alicyclic amines) is 1. The van der Waals surface area contributed by atoms with Crippen molar-refractivity contribution in [2.75, 3.05) is 13.1 Å². The lowest BCUT2D eigenvalue weighted by molar-refractivity contribution is -0.141. The molecule has 1 fully saturated rings. The summed E-state index contributed by atoms with van der Waals surface area (Å²) in [5.74, 6) is -0.522. The molecule has 1 aromatic rings. The standard InChI is InChI=1S/C19H27NO3/c1-4-14(13(2)3)10-18(21)20-11-16(17(12-20)19(22)23)15-8-6-5-7-9-15/h5-9,13-14,16-17H,4,10-12H2,1-3H3,(H,22,23)/t14?,16-,17-/m0/s1. The Bertz CT molecular complexity index is 541. The maximum Gasteiger partial charge on any atom is 0.308 e. The van der Waals surface area contributed by atoms with Crippen molar-refractivity contribution in [2.45, 2.75) is 39.5 Å². The fraction of sp³-hybridized carbons (Fsp3) is 0.579. The van der Waals surface area contributed by atoms with Crippen LogP contribution in [-0.4, -0.2) is 35.0 Å². The van der Waals surface area contributed by atoms with E-state index in [1.807, 2.05) is 30.3 Å². The fourth-order valence-electron chi connectivity index (χ4n) is 3.50. The lowest BCUT2D eigenvalue weighted by Gasteiger charge is -2.23. The fourth-order valence-corrected chi connectivity index (χ4v) is 3.50. The van der Waals surface area contributed by atoms with Gasteiger partial charge < -0.3 is 10.0 Å². The van der Waals surface area contributed by atoms with Crippen LogP contribution in [0.1, 0.15) is 45.1 Å². The predicted octanol–water partition coefficient (Wildman–Crippen LogP) is 3.39. The number of amides is 1. The Labute approximate surface area is 138 Å². The zero-order valence-corrected chi connectivity index (χ0v) is 14.2. The minimum atomic E-state index is -0.815. The van der Waals surface area contributed by atoms with Gasteiger partial charge in [0, 0.05) is 25.4 Å². The molecule has 1 aromatic carbocycles. The molecule has 0 aliphatic carbocycles. The van der Waals surface area contributed by atoms with Gasteiger partial charge in [0.05, 0.1) is 5.92 Å². The van der Waals surface area contributed by atoms with Crippen LogP contribution in [-0.2, 0) is 9.59 Å². The third-order valence-corrected chi connectivity index (χ3v) is 5.12. The molecule has 2 rings (SSSR count). The van der Waals surface area contributed by atoms with Crippen LogP contribution in [0.25, 0.3) is 0 Å². The molecular formula is C19H27NO3. The smallest absolute Gasteiger partial charge is 0.308 e. The number of benzene rings is 1. The molecule has 0 saturated carbocycles. The lowest BCUT2D eigenvalue weighted by atomic mass is 9.89. The highest BCUT2D eigenvalue weighted by molar-refractivity contribution is 5.79. The van der Waals surface area contributed by atoms with E-state index < -0.39 is 11.9 Å². The number of aliphatic carboxylic acids is 1. The van der Waals surface area contributed by atoms with Gasteiger partial charge in [0.2, 0.25) is 5.91 Å². The summed E-state index contributed by atoms with van der Waals surface area (Å²) in [6.07, 6.45) is 1.49. The Morgan fingerprint density at radius 2 is 1.87 bits per heavy atom. The van der Waals surface area contributed by atoms with Gasteiger partial charge in [-0.2, -0.15) is 0 Å². The Morgan fingerprint density at radius 1 is 1.22 bits per heavy atom. The highest BCUT2D eigenvalue weighted by atomic mass is 16.4. The van der Waals surface area contributed by atoms with Crippen molar-refractivity contribution < 1.29 is 14.7 Å². The van der Waals surface area contributed by atoms with Crippen molar-refractivity contribution in [1.82, 2.24) is 4.90 Å². The quantitative estimate of drug-likeness (QED) is 0.875. The second kappa shape index (κ2) is 7.62. The molecule has 1 unspecified atom stereocenters. The number of hydrogen-bond acceptors (Lipinski definition) is 2. The summed E-state index contributed by atoms with van der Waals surface area (Å²) >= 11 is 0. The number of carboxylic acids is 1. The monoisotopic (exact) mass is 317 g/mol. The second-order valence-corrected chi connectivity index (χ2v) is 6.88. The highest BCUT2D eigenvalue weighted by Crippen LogP contribution is 2.34. The molecular weight excluding hydrogens is 290 g/mol. The lowest BCUT2D eigenvalue weighted by Crippen LogP contribution is -2.32. The van der Waals surface area contributed by atoms with Gasteiger partial charge >= 0.3 is 5.97 Å².